The summed E-state index contributed by atoms with van der Waals surface area (Å²) >= 11 is 7.81. The first-order chi connectivity index (χ1) is 13.8. The number of benzene rings is 3. The molecule has 0 unspecified atom stereocenters. The summed E-state index contributed by atoms with van der Waals surface area (Å²) < 4.78 is 0. The van der Waals surface area contributed by atoms with E-state index in [1.54, 1.807) is 11.8 Å². The van der Waals surface area contributed by atoms with Crippen molar-refractivity contribution in [2.45, 2.75) is 41.3 Å². The van der Waals surface area contributed by atoms with Gasteiger partial charge in [-0.1, -0.05) is 71.9 Å². The van der Waals surface area contributed by atoms with Crippen LogP contribution >= 0.6 is 23.4 Å². The monoisotopic (exact) mass is 408 g/mol. The van der Waals surface area contributed by atoms with Crippen LogP contribution in [0.15, 0.2) is 88.7 Å². The first-order valence-electron chi connectivity index (χ1n) is 9.82. The van der Waals surface area contributed by atoms with E-state index >= 15 is 0 Å². The Hall–Kier alpha value is -1.78. The Morgan fingerprint density at radius 1 is 0.929 bits per heavy atom. The van der Waals surface area contributed by atoms with Crippen LogP contribution in [0.25, 0.3) is 0 Å². The van der Waals surface area contributed by atoms with Crippen LogP contribution in [0.1, 0.15) is 30.0 Å². The van der Waals surface area contributed by atoms with Gasteiger partial charge in [0.05, 0.1) is 0 Å². The second-order valence-electron chi connectivity index (χ2n) is 7.14. The van der Waals surface area contributed by atoms with Crippen molar-refractivity contribution in [1.29, 1.82) is 0 Å². The first-order valence-corrected chi connectivity index (χ1v) is 11.0. The molecule has 0 aliphatic carbocycles. The highest BCUT2D eigenvalue weighted by Gasteiger charge is 2.25. The second-order valence-corrected chi connectivity index (χ2v) is 8.69. The van der Waals surface area contributed by atoms with Gasteiger partial charge in [0.25, 0.3) is 0 Å². The molecule has 1 aliphatic heterocycles. The van der Waals surface area contributed by atoms with Gasteiger partial charge in [-0.05, 0) is 60.8 Å². The van der Waals surface area contributed by atoms with Crippen LogP contribution in [-0.4, -0.2) is 12.6 Å². The van der Waals surface area contributed by atoms with E-state index in [0.29, 0.717) is 12.1 Å². The molecular weight excluding hydrogens is 384 g/mol. The number of halogens is 1. The Balaban J connectivity index is 1.46. The fourth-order valence-corrected chi connectivity index (χ4v) is 4.81. The lowest BCUT2D eigenvalue weighted by Gasteiger charge is -2.34. The van der Waals surface area contributed by atoms with Crippen molar-refractivity contribution in [1.82, 2.24) is 10.6 Å². The van der Waals surface area contributed by atoms with E-state index in [1.807, 2.05) is 12.1 Å². The molecule has 28 heavy (non-hydrogen) atoms. The Bertz CT molecular complexity index is 883. The van der Waals surface area contributed by atoms with E-state index in [2.05, 4.69) is 77.4 Å². The van der Waals surface area contributed by atoms with Crippen LogP contribution in [-0.2, 0) is 6.54 Å². The predicted molar refractivity (Wildman–Crippen MR) is 119 cm³/mol. The van der Waals surface area contributed by atoms with Crippen LogP contribution in [0.3, 0.4) is 0 Å². The normalized spacial score (nSPS) is 19.5. The quantitative estimate of drug-likeness (QED) is 0.517. The topological polar surface area (TPSA) is 24.1 Å². The number of hydrogen-bond acceptors (Lipinski definition) is 3. The van der Waals surface area contributed by atoms with Gasteiger partial charge in [-0.15, -0.1) is 0 Å². The van der Waals surface area contributed by atoms with Gasteiger partial charge in [-0.2, -0.15) is 0 Å². The summed E-state index contributed by atoms with van der Waals surface area (Å²) in [5, 5.41) is 8.30. The second kappa shape index (κ2) is 9.62. The molecule has 1 saturated heterocycles. The average Bonchev–Trinajstić information content (AvgIpc) is 2.75. The van der Waals surface area contributed by atoms with Gasteiger partial charge in [-0.25, -0.2) is 0 Å². The number of rotatable bonds is 6. The summed E-state index contributed by atoms with van der Waals surface area (Å²) in [4.78, 5) is 2.50. The summed E-state index contributed by atoms with van der Waals surface area (Å²) in [6.45, 7) is 1.95. The number of nitrogens with one attached hydrogen (secondary N) is 2. The zero-order valence-electron chi connectivity index (χ0n) is 15.8. The Kier molecular flexibility index (Phi) is 6.71. The third-order valence-corrected chi connectivity index (χ3v) is 6.56. The molecule has 4 heteroatoms. The van der Waals surface area contributed by atoms with Crippen LogP contribution < -0.4 is 10.6 Å². The minimum atomic E-state index is 0.367. The lowest BCUT2D eigenvalue weighted by molar-refractivity contribution is 0.304. The van der Waals surface area contributed by atoms with Gasteiger partial charge in [0.1, 0.15) is 0 Å². The largest absolute Gasteiger partial charge is 0.309 e. The summed E-state index contributed by atoms with van der Waals surface area (Å²) in [6, 6.07) is 28.3. The highest BCUT2D eigenvalue weighted by Crippen LogP contribution is 2.32. The van der Waals surface area contributed by atoms with Crippen molar-refractivity contribution in [3.8, 4) is 0 Å². The predicted octanol–water partition coefficient (Wildman–Crippen LogP) is 6.07. The third-order valence-electron chi connectivity index (χ3n) is 5.19. The van der Waals surface area contributed by atoms with Crippen LogP contribution in [0.4, 0.5) is 0 Å². The van der Waals surface area contributed by atoms with Gasteiger partial charge < -0.3 is 10.6 Å². The van der Waals surface area contributed by atoms with Crippen molar-refractivity contribution in [2.75, 3.05) is 6.54 Å². The summed E-state index contributed by atoms with van der Waals surface area (Å²) in [5.41, 5.74) is 2.70. The van der Waals surface area contributed by atoms with E-state index in [0.717, 1.165) is 18.1 Å². The fraction of sp³-hybridized carbons (Fsp3) is 0.250. The van der Waals surface area contributed by atoms with Gasteiger partial charge in [0.15, 0.2) is 0 Å². The van der Waals surface area contributed by atoms with E-state index in [-0.39, 0.29) is 0 Å². The van der Waals surface area contributed by atoms with E-state index in [9.17, 15) is 0 Å². The molecule has 3 aromatic rings. The van der Waals surface area contributed by atoms with E-state index in [1.165, 1.54) is 33.8 Å². The average molecular weight is 409 g/mol. The highest BCUT2D eigenvalue weighted by molar-refractivity contribution is 7.99. The molecule has 0 amide bonds. The fourth-order valence-electron chi connectivity index (χ4n) is 3.74. The number of hydrogen-bond donors (Lipinski definition) is 2. The van der Waals surface area contributed by atoms with Crippen molar-refractivity contribution in [2.24, 2.45) is 0 Å². The van der Waals surface area contributed by atoms with Crippen LogP contribution in [0, 0.1) is 0 Å². The highest BCUT2D eigenvalue weighted by atomic mass is 35.5. The van der Waals surface area contributed by atoms with Gasteiger partial charge in [0.2, 0.25) is 0 Å². The molecular formula is C24H25ClN2S. The first kappa shape index (κ1) is 19.5. The molecule has 144 valence electrons. The molecule has 4 rings (SSSR count). The van der Waals surface area contributed by atoms with Crippen LogP contribution in [0.2, 0.25) is 5.02 Å². The molecule has 0 spiro atoms. The van der Waals surface area contributed by atoms with Gasteiger partial charge >= 0.3 is 0 Å². The molecule has 0 radical (unpaired) electrons. The third kappa shape index (κ3) is 4.98. The lowest BCUT2D eigenvalue weighted by Crippen LogP contribution is -2.45. The number of piperidine rings is 1. The molecule has 1 fully saturated rings. The maximum absolute atomic E-state index is 6.02. The molecule has 0 saturated carbocycles. The Labute approximate surface area is 176 Å². The zero-order valence-corrected chi connectivity index (χ0v) is 17.3. The SMILES string of the molecule is Clc1ccc(Sc2ccccc2CN[C@H]2CCCN[C@H]2c2ccccc2)cc1. The minimum absolute atomic E-state index is 0.367. The van der Waals surface area contributed by atoms with Crippen molar-refractivity contribution in [3.05, 3.63) is 95.0 Å². The maximum Gasteiger partial charge on any atom is 0.0476 e. The lowest BCUT2D eigenvalue weighted by atomic mass is 9.92. The van der Waals surface area contributed by atoms with Gasteiger partial charge in [0, 0.05) is 33.4 Å². The van der Waals surface area contributed by atoms with E-state index in [4.69, 9.17) is 11.6 Å². The van der Waals surface area contributed by atoms with Crippen molar-refractivity contribution >= 4 is 23.4 Å². The standard InChI is InChI=1S/C24H25ClN2S/c25-20-12-14-21(15-13-20)28-23-11-5-4-9-19(23)17-27-22-10-6-16-26-24(22)18-7-2-1-3-8-18/h1-5,7-9,11-15,22,24,26-27H,6,10,16-17H2/t22-,24-/m0/s1. The minimum Gasteiger partial charge on any atom is -0.309 e. The molecule has 2 nitrogen and oxygen atoms in total. The van der Waals surface area contributed by atoms with Crippen molar-refractivity contribution < 1.29 is 0 Å². The molecule has 0 bridgehead atoms. The summed E-state index contributed by atoms with van der Waals surface area (Å²) in [6.07, 6.45) is 2.40. The molecule has 2 atom stereocenters. The molecule has 1 aliphatic rings. The van der Waals surface area contributed by atoms with Gasteiger partial charge in [-0.3, -0.25) is 0 Å². The molecule has 1 heterocycles. The Morgan fingerprint density at radius 3 is 2.50 bits per heavy atom. The summed E-state index contributed by atoms with van der Waals surface area (Å²) in [5.74, 6) is 0. The molecule has 2 N–H and O–H groups in total. The smallest absolute Gasteiger partial charge is 0.0476 e. The Morgan fingerprint density at radius 2 is 1.68 bits per heavy atom. The molecule has 0 aromatic heterocycles. The van der Waals surface area contributed by atoms with Crippen molar-refractivity contribution in [3.63, 3.8) is 0 Å². The summed E-state index contributed by atoms with van der Waals surface area (Å²) in [7, 11) is 0. The maximum atomic E-state index is 6.02. The van der Waals surface area contributed by atoms with E-state index < -0.39 is 0 Å². The zero-order chi connectivity index (χ0) is 19.2. The van der Waals surface area contributed by atoms with Crippen LogP contribution in [0.5, 0.6) is 0 Å². The molecule has 3 aromatic carbocycles.